The quantitative estimate of drug-likeness (QED) is 0.648. The van der Waals surface area contributed by atoms with Gasteiger partial charge in [0.15, 0.2) is 0 Å². The van der Waals surface area contributed by atoms with Crippen molar-refractivity contribution in [3.8, 4) is 0 Å². The highest BCUT2D eigenvalue weighted by molar-refractivity contribution is 5.95. The van der Waals surface area contributed by atoms with Gasteiger partial charge in [0.05, 0.1) is 17.9 Å². The highest BCUT2D eigenvalue weighted by Crippen LogP contribution is 2.18. The maximum absolute atomic E-state index is 12.0. The molecular formula is C15H28N6O2. The number of rotatable bonds is 7. The summed E-state index contributed by atoms with van der Waals surface area (Å²) in [4.78, 5) is 25.8. The predicted octanol–water partition coefficient (Wildman–Crippen LogP) is -0.127. The average Bonchev–Trinajstić information content (AvgIpc) is 2.83. The first-order chi connectivity index (χ1) is 10.6. The van der Waals surface area contributed by atoms with E-state index in [4.69, 9.17) is 5.73 Å². The van der Waals surface area contributed by atoms with Gasteiger partial charge in [-0.05, 0) is 19.5 Å². The fourth-order valence-electron chi connectivity index (χ4n) is 1.75. The van der Waals surface area contributed by atoms with Crippen LogP contribution in [0.1, 0.15) is 20.8 Å². The fourth-order valence-corrected chi connectivity index (χ4v) is 1.75. The second-order valence-electron chi connectivity index (χ2n) is 6.91. The molecule has 1 heterocycles. The molecule has 0 radical (unpaired) electrons. The van der Waals surface area contributed by atoms with E-state index in [9.17, 15) is 9.59 Å². The van der Waals surface area contributed by atoms with E-state index in [2.05, 4.69) is 15.7 Å². The Balaban J connectivity index is 2.48. The Morgan fingerprint density at radius 3 is 2.61 bits per heavy atom. The van der Waals surface area contributed by atoms with Gasteiger partial charge in [0.2, 0.25) is 11.8 Å². The van der Waals surface area contributed by atoms with Crippen LogP contribution in [0.3, 0.4) is 0 Å². The van der Waals surface area contributed by atoms with E-state index < -0.39 is 6.04 Å². The molecule has 1 aromatic rings. The number of carbonyl (C=O) groups is 2. The first-order valence-corrected chi connectivity index (χ1v) is 7.60. The zero-order valence-corrected chi connectivity index (χ0v) is 14.6. The molecule has 8 nitrogen and oxygen atoms in total. The number of nitrogens with zero attached hydrogens (tertiary/aromatic N) is 3. The van der Waals surface area contributed by atoms with Gasteiger partial charge in [-0.2, -0.15) is 5.10 Å². The minimum atomic E-state index is -0.625. The number of aromatic nitrogens is 2. The van der Waals surface area contributed by atoms with Gasteiger partial charge in [-0.3, -0.25) is 14.3 Å². The first-order valence-electron chi connectivity index (χ1n) is 7.60. The Hall–Kier alpha value is -1.93. The molecule has 1 rings (SSSR count). The summed E-state index contributed by atoms with van der Waals surface area (Å²) in [6.07, 6.45) is 3.11. The van der Waals surface area contributed by atoms with E-state index in [0.29, 0.717) is 12.2 Å². The number of hydrogen-bond donors (Lipinski definition) is 3. The monoisotopic (exact) mass is 324 g/mol. The van der Waals surface area contributed by atoms with Crippen LogP contribution in [0.15, 0.2) is 12.4 Å². The van der Waals surface area contributed by atoms with Crippen LogP contribution in [0.5, 0.6) is 0 Å². The van der Waals surface area contributed by atoms with Crippen LogP contribution in [-0.4, -0.2) is 59.7 Å². The van der Waals surface area contributed by atoms with Crippen molar-refractivity contribution in [3.05, 3.63) is 12.4 Å². The normalized spacial score (nSPS) is 13.0. The maximum atomic E-state index is 12.0. The molecule has 1 atom stereocenters. The maximum Gasteiger partial charge on any atom is 0.241 e. The fraction of sp³-hybridized carbons (Fsp3) is 0.667. The Bertz CT molecular complexity index is 532. The van der Waals surface area contributed by atoms with E-state index in [1.807, 2.05) is 39.8 Å². The van der Waals surface area contributed by atoms with Gasteiger partial charge in [0, 0.05) is 19.3 Å². The molecule has 0 aliphatic carbocycles. The Morgan fingerprint density at radius 2 is 2.04 bits per heavy atom. The zero-order valence-electron chi connectivity index (χ0n) is 14.6. The minimum Gasteiger partial charge on any atom is -0.353 e. The van der Waals surface area contributed by atoms with E-state index in [1.54, 1.807) is 6.20 Å². The molecule has 1 aromatic heterocycles. The lowest BCUT2D eigenvalue weighted by Crippen LogP contribution is -2.45. The minimum absolute atomic E-state index is 0.106. The molecule has 0 aromatic carbocycles. The standard InChI is InChI=1S/C15H28N6O2/c1-15(2,3)13(16)14(23)19-11-8-18-21(9-11)10-12(22)17-6-7-20(4)5/h8-9,13H,6-7,10,16H2,1-5H3,(H,17,22)(H,19,23)/t13-/m1/s1. The highest BCUT2D eigenvalue weighted by atomic mass is 16.2. The van der Waals surface area contributed by atoms with Crippen molar-refractivity contribution in [2.75, 3.05) is 32.5 Å². The molecule has 2 amide bonds. The molecule has 8 heteroatoms. The number of amides is 2. The van der Waals surface area contributed by atoms with Crippen molar-refractivity contribution >= 4 is 17.5 Å². The Labute approximate surface area is 137 Å². The molecule has 0 aliphatic heterocycles. The summed E-state index contributed by atoms with van der Waals surface area (Å²) >= 11 is 0. The van der Waals surface area contributed by atoms with Crippen molar-refractivity contribution in [2.24, 2.45) is 11.1 Å². The predicted molar refractivity (Wildman–Crippen MR) is 89.9 cm³/mol. The zero-order chi connectivity index (χ0) is 17.6. The Morgan fingerprint density at radius 1 is 1.39 bits per heavy atom. The van der Waals surface area contributed by atoms with Gasteiger partial charge < -0.3 is 21.3 Å². The van der Waals surface area contributed by atoms with Gasteiger partial charge >= 0.3 is 0 Å². The smallest absolute Gasteiger partial charge is 0.241 e. The SMILES string of the molecule is CN(C)CCNC(=O)Cn1cc(NC(=O)[C@@H](N)C(C)(C)C)cn1. The molecule has 0 spiro atoms. The number of likely N-dealkylation sites (N-methyl/N-ethyl adjacent to an activating group) is 1. The lowest BCUT2D eigenvalue weighted by Gasteiger charge is -2.25. The molecule has 130 valence electrons. The Kier molecular flexibility index (Phi) is 6.71. The van der Waals surface area contributed by atoms with Crippen molar-refractivity contribution in [2.45, 2.75) is 33.4 Å². The summed E-state index contributed by atoms with van der Waals surface area (Å²) in [5.74, 6) is -0.397. The number of nitrogens with one attached hydrogen (secondary N) is 2. The number of carbonyl (C=O) groups excluding carboxylic acids is 2. The molecule has 0 saturated heterocycles. The third-order valence-electron chi connectivity index (χ3n) is 3.30. The second kappa shape index (κ2) is 8.07. The van der Waals surface area contributed by atoms with Crippen LogP contribution in [0.2, 0.25) is 0 Å². The average molecular weight is 324 g/mol. The van der Waals surface area contributed by atoms with Crippen LogP contribution < -0.4 is 16.4 Å². The molecular weight excluding hydrogens is 296 g/mol. The molecule has 0 aliphatic rings. The van der Waals surface area contributed by atoms with Crippen LogP contribution in [0.4, 0.5) is 5.69 Å². The van der Waals surface area contributed by atoms with Crippen LogP contribution >= 0.6 is 0 Å². The lowest BCUT2D eigenvalue weighted by atomic mass is 9.87. The van der Waals surface area contributed by atoms with Crippen LogP contribution in [-0.2, 0) is 16.1 Å². The van der Waals surface area contributed by atoms with Gasteiger partial charge in [0.25, 0.3) is 0 Å². The molecule has 23 heavy (non-hydrogen) atoms. The number of hydrogen-bond acceptors (Lipinski definition) is 5. The summed E-state index contributed by atoms with van der Waals surface area (Å²) in [7, 11) is 3.88. The summed E-state index contributed by atoms with van der Waals surface area (Å²) in [5.41, 5.74) is 6.10. The van der Waals surface area contributed by atoms with Crippen molar-refractivity contribution in [1.29, 1.82) is 0 Å². The summed E-state index contributed by atoms with van der Waals surface area (Å²) in [6.45, 7) is 7.17. The molecule has 0 saturated carbocycles. The van der Waals surface area contributed by atoms with Gasteiger partial charge in [-0.25, -0.2) is 0 Å². The largest absolute Gasteiger partial charge is 0.353 e. The van der Waals surface area contributed by atoms with Crippen molar-refractivity contribution in [3.63, 3.8) is 0 Å². The molecule has 0 fully saturated rings. The summed E-state index contributed by atoms with van der Waals surface area (Å²) in [6, 6.07) is -0.625. The van der Waals surface area contributed by atoms with E-state index in [0.717, 1.165) is 6.54 Å². The highest BCUT2D eigenvalue weighted by Gasteiger charge is 2.27. The second-order valence-corrected chi connectivity index (χ2v) is 6.91. The molecule has 0 bridgehead atoms. The van der Waals surface area contributed by atoms with Gasteiger partial charge in [0.1, 0.15) is 6.54 Å². The van der Waals surface area contributed by atoms with Crippen LogP contribution in [0.25, 0.3) is 0 Å². The van der Waals surface area contributed by atoms with Crippen LogP contribution in [0, 0.1) is 5.41 Å². The van der Waals surface area contributed by atoms with E-state index in [-0.39, 0.29) is 23.8 Å². The summed E-state index contributed by atoms with van der Waals surface area (Å²) < 4.78 is 1.48. The van der Waals surface area contributed by atoms with E-state index >= 15 is 0 Å². The first kappa shape index (κ1) is 19.1. The summed E-state index contributed by atoms with van der Waals surface area (Å²) in [5, 5.41) is 9.58. The molecule has 4 N–H and O–H groups in total. The third kappa shape index (κ3) is 6.79. The van der Waals surface area contributed by atoms with Gasteiger partial charge in [-0.15, -0.1) is 0 Å². The van der Waals surface area contributed by atoms with Crippen molar-refractivity contribution < 1.29 is 9.59 Å². The number of nitrogens with two attached hydrogens (primary N) is 1. The lowest BCUT2D eigenvalue weighted by molar-refractivity contribution is -0.122. The number of anilines is 1. The van der Waals surface area contributed by atoms with Gasteiger partial charge in [-0.1, -0.05) is 20.8 Å². The third-order valence-corrected chi connectivity index (χ3v) is 3.30. The van der Waals surface area contributed by atoms with E-state index in [1.165, 1.54) is 10.9 Å². The molecule has 0 unspecified atom stereocenters. The topological polar surface area (TPSA) is 105 Å². The van der Waals surface area contributed by atoms with Crippen molar-refractivity contribution in [1.82, 2.24) is 20.0 Å².